The van der Waals surface area contributed by atoms with Gasteiger partial charge in [-0.05, 0) is 11.4 Å². The molecule has 2 N–H and O–H groups in total. The monoisotopic (exact) mass is 344 g/mol. The fraction of sp³-hybridized carbons (Fsp3) is 0.417. The molecule has 0 saturated carbocycles. The average Bonchev–Trinajstić information content (AvgIpc) is 3.10. The predicted octanol–water partition coefficient (Wildman–Crippen LogP) is 0.396. The van der Waals surface area contributed by atoms with E-state index < -0.39 is 10.0 Å². The lowest BCUT2D eigenvalue weighted by Crippen LogP contribution is -2.34. The summed E-state index contributed by atoms with van der Waals surface area (Å²) in [5, 5.41) is 8.38. The van der Waals surface area contributed by atoms with Gasteiger partial charge in [0.25, 0.3) is 0 Å². The van der Waals surface area contributed by atoms with Crippen LogP contribution >= 0.6 is 11.3 Å². The molecule has 0 saturated heterocycles. The molecule has 2 aromatic heterocycles. The zero-order chi connectivity index (χ0) is 16.0. The molecule has 10 heteroatoms. The van der Waals surface area contributed by atoms with Gasteiger partial charge in [0.05, 0.1) is 11.1 Å². The van der Waals surface area contributed by atoms with E-state index in [0.29, 0.717) is 18.1 Å². The van der Waals surface area contributed by atoms with E-state index in [1.54, 1.807) is 0 Å². The molecular weight excluding hydrogens is 328 g/mol. The molecule has 0 aliphatic rings. The van der Waals surface area contributed by atoms with Gasteiger partial charge in [0, 0.05) is 25.9 Å². The first-order valence-electron chi connectivity index (χ1n) is 6.52. The number of carbonyl (C=O) groups excluding carboxylic acids is 1. The molecule has 0 aliphatic heterocycles. The van der Waals surface area contributed by atoms with Crippen molar-refractivity contribution in [2.45, 2.75) is 12.8 Å². The average molecular weight is 344 g/mol. The smallest absolute Gasteiger partial charge is 0.227 e. The molecule has 120 valence electrons. The van der Waals surface area contributed by atoms with E-state index in [4.69, 9.17) is 4.52 Å². The molecule has 0 aliphatic carbocycles. The summed E-state index contributed by atoms with van der Waals surface area (Å²) in [7, 11) is -3.23. The summed E-state index contributed by atoms with van der Waals surface area (Å²) in [5.74, 6) is 0.710. The Hall–Kier alpha value is -1.78. The van der Waals surface area contributed by atoms with E-state index in [1.165, 1.54) is 11.3 Å². The van der Waals surface area contributed by atoms with E-state index in [-0.39, 0.29) is 25.4 Å². The van der Waals surface area contributed by atoms with E-state index in [1.807, 2.05) is 17.5 Å². The minimum atomic E-state index is -3.23. The highest BCUT2D eigenvalue weighted by Crippen LogP contribution is 2.21. The summed E-state index contributed by atoms with van der Waals surface area (Å²) < 4.78 is 29.0. The van der Waals surface area contributed by atoms with Crippen LogP contribution in [-0.2, 0) is 21.2 Å². The third-order valence-electron chi connectivity index (χ3n) is 2.59. The molecular formula is C12H16N4O4S2. The Morgan fingerprint density at radius 1 is 1.41 bits per heavy atom. The number of aromatic nitrogens is 2. The molecule has 22 heavy (non-hydrogen) atoms. The number of amides is 1. The van der Waals surface area contributed by atoms with Crippen molar-refractivity contribution in [1.29, 1.82) is 0 Å². The second kappa shape index (κ2) is 7.47. The Morgan fingerprint density at radius 2 is 2.23 bits per heavy atom. The van der Waals surface area contributed by atoms with Crippen molar-refractivity contribution in [3.63, 3.8) is 0 Å². The van der Waals surface area contributed by atoms with Gasteiger partial charge in [-0.1, -0.05) is 11.2 Å². The number of nitrogens with zero attached hydrogens (tertiary/aromatic N) is 2. The Bertz CT molecular complexity index is 709. The number of rotatable bonds is 8. The highest BCUT2D eigenvalue weighted by atomic mass is 32.2. The fourth-order valence-electron chi connectivity index (χ4n) is 1.61. The zero-order valence-corrected chi connectivity index (χ0v) is 13.5. The zero-order valence-electron chi connectivity index (χ0n) is 11.9. The summed E-state index contributed by atoms with van der Waals surface area (Å²) in [4.78, 5) is 16.7. The van der Waals surface area contributed by atoms with Gasteiger partial charge in [-0.25, -0.2) is 13.1 Å². The van der Waals surface area contributed by atoms with Gasteiger partial charge >= 0.3 is 0 Å². The predicted molar refractivity (Wildman–Crippen MR) is 81.8 cm³/mol. The number of carbonyl (C=O) groups is 1. The van der Waals surface area contributed by atoms with Crippen molar-refractivity contribution >= 4 is 27.3 Å². The number of hydrogen-bond donors (Lipinski definition) is 2. The lowest BCUT2D eigenvalue weighted by Gasteiger charge is -2.04. The lowest BCUT2D eigenvalue weighted by molar-refractivity contribution is -0.121. The van der Waals surface area contributed by atoms with Crippen LogP contribution in [0.2, 0.25) is 0 Å². The van der Waals surface area contributed by atoms with Crippen LogP contribution in [0.15, 0.2) is 22.0 Å². The maximum absolute atomic E-state index is 11.6. The molecule has 0 fully saturated rings. The molecule has 1 amide bonds. The highest BCUT2D eigenvalue weighted by Gasteiger charge is 2.11. The van der Waals surface area contributed by atoms with E-state index in [0.717, 1.165) is 11.1 Å². The number of hydrogen-bond acceptors (Lipinski definition) is 7. The van der Waals surface area contributed by atoms with E-state index >= 15 is 0 Å². The van der Waals surface area contributed by atoms with Crippen molar-refractivity contribution in [2.24, 2.45) is 0 Å². The number of thiophene rings is 1. The summed E-state index contributed by atoms with van der Waals surface area (Å²) in [6, 6.07) is 3.79. The van der Waals surface area contributed by atoms with Crippen LogP contribution in [0.4, 0.5) is 0 Å². The molecule has 0 atom stereocenters. The van der Waals surface area contributed by atoms with Gasteiger partial charge in [-0.2, -0.15) is 4.98 Å². The van der Waals surface area contributed by atoms with E-state index in [2.05, 4.69) is 20.2 Å². The Balaban J connectivity index is 1.70. The van der Waals surface area contributed by atoms with Crippen LogP contribution in [0.3, 0.4) is 0 Å². The van der Waals surface area contributed by atoms with Crippen LogP contribution in [-0.4, -0.2) is 43.8 Å². The first kappa shape index (κ1) is 16.6. The Morgan fingerprint density at radius 3 is 2.91 bits per heavy atom. The first-order chi connectivity index (χ1) is 10.4. The van der Waals surface area contributed by atoms with Crippen molar-refractivity contribution in [3.05, 3.63) is 23.4 Å². The summed E-state index contributed by atoms with van der Waals surface area (Å²) in [6.07, 6.45) is 1.60. The number of sulfonamides is 1. The van der Waals surface area contributed by atoms with Crippen LogP contribution in [0.25, 0.3) is 10.7 Å². The van der Waals surface area contributed by atoms with Gasteiger partial charge in [0.15, 0.2) is 0 Å². The lowest BCUT2D eigenvalue weighted by atomic mass is 10.3. The molecule has 2 heterocycles. The molecule has 8 nitrogen and oxygen atoms in total. The van der Waals surface area contributed by atoms with Gasteiger partial charge < -0.3 is 9.84 Å². The summed E-state index contributed by atoms with van der Waals surface area (Å²) in [5.41, 5.74) is 0. The number of nitrogens with one attached hydrogen (secondary N) is 2. The molecule has 0 radical (unpaired) electrons. The van der Waals surface area contributed by atoms with Crippen molar-refractivity contribution in [2.75, 3.05) is 19.3 Å². The van der Waals surface area contributed by atoms with E-state index in [9.17, 15) is 13.2 Å². The van der Waals surface area contributed by atoms with Crippen LogP contribution < -0.4 is 10.0 Å². The topological polar surface area (TPSA) is 114 Å². The maximum Gasteiger partial charge on any atom is 0.227 e. The van der Waals surface area contributed by atoms with Gasteiger partial charge in [0.1, 0.15) is 0 Å². The van der Waals surface area contributed by atoms with Crippen LogP contribution in [0.1, 0.15) is 12.3 Å². The standard InChI is InChI=1S/C12H16N4O4S2/c1-22(18,19)14-7-6-13-10(17)4-5-11-15-12(16-20-11)9-3-2-8-21-9/h2-3,8,14H,4-7H2,1H3,(H,13,17). The van der Waals surface area contributed by atoms with Crippen molar-refractivity contribution in [1.82, 2.24) is 20.2 Å². The minimum absolute atomic E-state index is 0.160. The molecule has 0 unspecified atom stereocenters. The maximum atomic E-state index is 11.6. The Labute approximate surface area is 132 Å². The van der Waals surface area contributed by atoms with Gasteiger partial charge in [0.2, 0.25) is 27.6 Å². The minimum Gasteiger partial charge on any atom is -0.355 e. The molecule has 0 aromatic carbocycles. The molecule has 0 spiro atoms. The third kappa shape index (κ3) is 5.54. The fourth-order valence-corrected chi connectivity index (χ4v) is 2.73. The van der Waals surface area contributed by atoms with Gasteiger partial charge in [-0.15, -0.1) is 11.3 Å². The third-order valence-corrected chi connectivity index (χ3v) is 4.18. The largest absolute Gasteiger partial charge is 0.355 e. The second-order valence-electron chi connectivity index (χ2n) is 4.51. The summed E-state index contributed by atoms with van der Waals surface area (Å²) in [6.45, 7) is 0.393. The quantitative estimate of drug-likeness (QED) is 0.670. The number of aryl methyl sites for hydroxylation is 1. The molecule has 2 aromatic rings. The molecule has 0 bridgehead atoms. The first-order valence-corrected chi connectivity index (χ1v) is 9.29. The highest BCUT2D eigenvalue weighted by molar-refractivity contribution is 7.88. The van der Waals surface area contributed by atoms with Crippen molar-refractivity contribution < 1.29 is 17.7 Å². The van der Waals surface area contributed by atoms with Crippen LogP contribution in [0.5, 0.6) is 0 Å². The van der Waals surface area contributed by atoms with Crippen molar-refractivity contribution in [3.8, 4) is 10.7 Å². The SMILES string of the molecule is CS(=O)(=O)NCCNC(=O)CCc1nc(-c2cccs2)no1. The Kier molecular flexibility index (Phi) is 5.63. The normalized spacial score (nSPS) is 11.5. The second-order valence-corrected chi connectivity index (χ2v) is 7.29. The molecule has 2 rings (SSSR count). The van der Waals surface area contributed by atoms with Crippen LogP contribution in [0, 0.1) is 0 Å². The summed E-state index contributed by atoms with van der Waals surface area (Å²) >= 11 is 1.51. The van der Waals surface area contributed by atoms with Gasteiger partial charge in [-0.3, -0.25) is 4.79 Å².